The van der Waals surface area contributed by atoms with Crippen LogP contribution in [0.1, 0.15) is 23.2 Å². The Balaban J connectivity index is 1.68. The molecule has 7 nitrogen and oxygen atoms in total. The Morgan fingerprint density at radius 2 is 2.15 bits per heavy atom. The number of likely N-dealkylation sites (N-methyl/N-ethyl adjacent to an activating group) is 1. The van der Waals surface area contributed by atoms with Crippen LogP contribution in [0.2, 0.25) is 0 Å². The Morgan fingerprint density at radius 3 is 2.88 bits per heavy atom. The number of nitrogens with one attached hydrogen (secondary N) is 1. The van der Waals surface area contributed by atoms with Crippen LogP contribution in [0.4, 0.5) is 0 Å². The van der Waals surface area contributed by atoms with E-state index in [1.165, 1.54) is 12.1 Å². The monoisotopic (exact) mass is 381 g/mol. The molecule has 2 atom stereocenters. The second-order valence-corrected chi connectivity index (χ2v) is 8.85. The molecule has 0 unspecified atom stereocenters. The molecule has 2 saturated heterocycles. The standard InChI is InChI=1S/C18H27N3O4S/c1-20-9-7-15-12-21(13-17(15)20)18(22)14-5-3-6-16(11-14)26(23,24)19-8-4-10-25-2/h3,5-6,11,15,17,19H,4,7-10,12-13H2,1-2H3/t15-,17+/m0/s1. The van der Waals surface area contributed by atoms with Crippen molar-refractivity contribution < 1.29 is 17.9 Å². The van der Waals surface area contributed by atoms with Gasteiger partial charge in [0.1, 0.15) is 0 Å². The highest BCUT2D eigenvalue weighted by Gasteiger charge is 2.41. The smallest absolute Gasteiger partial charge is 0.253 e. The number of hydrogen-bond donors (Lipinski definition) is 1. The third-order valence-electron chi connectivity index (χ3n) is 5.32. The molecular formula is C18H27N3O4S. The maximum absolute atomic E-state index is 12.8. The second-order valence-electron chi connectivity index (χ2n) is 7.08. The minimum atomic E-state index is -3.63. The van der Waals surface area contributed by atoms with Crippen molar-refractivity contribution in [1.29, 1.82) is 0 Å². The number of nitrogens with zero attached hydrogens (tertiary/aromatic N) is 2. The molecule has 1 aromatic carbocycles. The Kier molecular flexibility index (Phi) is 5.96. The molecule has 1 N–H and O–H groups in total. The summed E-state index contributed by atoms with van der Waals surface area (Å²) in [6.45, 7) is 3.34. The zero-order valence-corrected chi connectivity index (χ0v) is 16.2. The number of carbonyl (C=O) groups excluding carboxylic acids is 1. The molecule has 3 rings (SSSR count). The molecule has 0 spiro atoms. The lowest BCUT2D eigenvalue weighted by Crippen LogP contribution is -2.35. The van der Waals surface area contributed by atoms with Gasteiger partial charge in [0, 0.05) is 45.0 Å². The molecular weight excluding hydrogens is 354 g/mol. The number of sulfonamides is 1. The van der Waals surface area contributed by atoms with Crippen molar-refractivity contribution in [3.63, 3.8) is 0 Å². The first kappa shape index (κ1) is 19.3. The minimum Gasteiger partial charge on any atom is -0.385 e. The number of methoxy groups -OCH3 is 1. The molecule has 0 radical (unpaired) electrons. The molecule has 2 fully saturated rings. The third kappa shape index (κ3) is 4.09. The Morgan fingerprint density at radius 1 is 1.35 bits per heavy atom. The highest BCUT2D eigenvalue weighted by Crippen LogP contribution is 2.31. The van der Waals surface area contributed by atoms with Gasteiger partial charge in [-0.25, -0.2) is 13.1 Å². The predicted molar refractivity (Wildman–Crippen MR) is 98.6 cm³/mol. The summed E-state index contributed by atoms with van der Waals surface area (Å²) >= 11 is 0. The van der Waals surface area contributed by atoms with Crippen LogP contribution in [0.5, 0.6) is 0 Å². The van der Waals surface area contributed by atoms with Gasteiger partial charge in [0.25, 0.3) is 5.91 Å². The van der Waals surface area contributed by atoms with Crippen molar-refractivity contribution in [3.05, 3.63) is 29.8 Å². The normalized spacial score (nSPS) is 23.4. The zero-order valence-electron chi connectivity index (χ0n) is 15.3. The number of benzene rings is 1. The number of rotatable bonds is 7. The summed E-state index contributed by atoms with van der Waals surface area (Å²) < 4.78 is 32.3. The molecule has 2 aliphatic rings. The molecule has 0 saturated carbocycles. The number of ether oxygens (including phenoxy) is 1. The number of carbonyl (C=O) groups is 1. The van der Waals surface area contributed by atoms with Crippen molar-refractivity contribution in [1.82, 2.24) is 14.5 Å². The van der Waals surface area contributed by atoms with Crippen LogP contribution in [-0.2, 0) is 14.8 Å². The van der Waals surface area contributed by atoms with Crippen molar-refractivity contribution in [2.24, 2.45) is 5.92 Å². The fourth-order valence-corrected chi connectivity index (χ4v) is 4.94. The molecule has 0 aliphatic carbocycles. The summed E-state index contributed by atoms with van der Waals surface area (Å²) in [5.74, 6) is 0.433. The maximum Gasteiger partial charge on any atom is 0.253 e. The molecule has 1 aromatic rings. The van der Waals surface area contributed by atoms with E-state index < -0.39 is 10.0 Å². The topological polar surface area (TPSA) is 78.9 Å². The fourth-order valence-electron chi connectivity index (χ4n) is 3.82. The largest absolute Gasteiger partial charge is 0.385 e. The van der Waals surface area contributed by atoms with Gasteiger partial charge in [0.2, 0.25) is 10.0 Å². The van der Waals surface area contributed by atoms with E-state index >= 15 is 0 Å². The summed E-state index contributed by atoms with van der Waals surface area (Å²) in [6.07, 6.45) is 1.71. The first-order chi connectivity index (χ1) is 12.4. The van der Waals surface area contributed by atoms with E-state index in [0.29, 0.717) is 43.6 Å². The van der Waals surface area contributed by atoms with Crippen LogP contribution in [0.25, 0.3) is 0 Å². The van der Waals surface area contributed by atoms with E-state index in [4.69, 9.17) is 4.74 Å². The number of fused-ring (bicyclic) bond motifs is 1. The first-order valence-electron chi connectivity index (χ1n) is 9.00. The van der Waals surface area contributed by atoms with Crippen LogP contribution < -0.4 is 4.72 Å². The van der Waals surface area contributed by atoms with Gasteiger partial charge in [-0.05, 0) is 50.6 Å². The van der Waals surface area contributed by atoms with Gasteiger partial charge in [-0.3, -0.25) is 4.79 Å². The summed E-state index contributed by atoms with van der Waals surface area (Å²) in [7, 11) is 0.0469. The van der Waals surface area contributed by atoms with Crippen LogP contribution in [0.15, 0.2) is 29.2 Å². The van der Waals surface area contributed by atoms with Crippen LogP contribution >= 0.6 is 0 Å². The Labute approximate surface area is 155 Å². The van der Waals surface area contributed by atoms with Gasteiger partial charge < -0.3 is 14.5 Å². The van der Waals surface area contributed by atoms with Gasteiger partial charge in [-0.1, -0.05) is 6.07 Å². The minimum absolute atomic E-state index is 0.0933. The van der Waals surface area contributed by atoms with Gasteiger partial charge in [-0.2, -0.15) is 0 Å². The summed E-state index contributed by atoms with van der Waals surface area (Å²) in [5, 5.41) is 0. The SMILES string of the molecule is COCCCNS(=O)(=O)c1cccc(C(=O)N2C[C@@H]3CCN(C)[C@@H]3C2)c1. The lowest BCUT2D eigenvalue weighted by Gasteiger charge is -2.21. The summed E-state index contributed by atoms with van der Waals surface area (Å²) in [5.41, 5.74) is 0.424. The van der Waals surface area contributed by atoms with Crippen LogP contribution in [0.3, 0.4) is 0 Å². The highest BCUT2D eigenvalue weighted by atomic mass is 32.2. The van der Waals surface area contributed by atoms with E-state index in [-0.39, 0.29) is 10.8 Å². The lowest BCUT2D eigenvalue weighted by atomic mass is 10.1. The van der Waals surface area contributed by atoms with Gasteiger partial charge >= 0.3 is 0 Å². The van der Waals surface area contributed by atoms with Crippen molar-refractivity contribution in [2.45, 2.75) is 23.8 Å². The van der Waals surface area contributed by atoms with E-state index in [9.17, 15) is 13.2 Å². The number of amides is 1. The van der Waals surface area contributed by atoms with E-state index in [2.05, 4.69) is 16.7 Å². The quantitative estimate of drug-likeness (QED) is 0.706. The Hall–Kier alpha value is -1.48. The van der Waals surface area contributed by atoms with E-state index in [0.717, 1.165) is 19.5 Å². The fraction of sp³-hybridized carbons (Fsp3) is 0.611. The molecule has 2 aliphatic heterocycles. The van der Waals surface area contributed by atoms with Gasteiger partial charge in [0.15, 0.2) is 0 Å². The first-order valence-corrected chi connectivity index (χ1v) is 10.5. The number of likely N-dealkylation sites (tertiary alicyclic amines) is 2. The van der Waals surface area contributed by atoms with Crippen LogP contribution in [-0.4, -0.2) is 77.1 Å². The highest BCUT2D eigenvalue weighted by molar-refractivity contribution is 7.89. The van der Waals surface area contributed by atoms with Crippen molar-refractivity contribution >= 4 is 15.9 Å². The van der Waals surface area contributed by atoms with Crippen molar-refractivity contribution in [2.75, 3.05) is 46.9 Å². The maximum atomic E-state index is 12.8. The third-order valence-corrected chi connectivity index (χ3v) is 6.78. The predicted octanol–water partition coefficient (Wildman–Crippen LogP) is 0.778. The molecule has 8 heteroatoms. The second kappa shape index (κ2) is 8.04. The average molecular weight is 381 g/mol. The molecule has 1 amide bonds. The summed E-state index contributed by atoms with van der Waals surface area (Å²) in [6, 6.07) is 6.72. The molecule has 26 heavy (non-hydrogen) atoms. The van der Waals surface area contributed by atoms with Crippen LogP contribution in [0, 0.1) is 5.92 Å². The van der Waals surface area contributed by atoms with E-state index in [1.54, 1.807) is 19.2 Å². The summed E-state index contributed by atoms with van der Waals surface area (Å²) in [4.78, 5) is 17.1. The van der Waals surface area contributed by atoms with Gasteiger partial charge in [0.05, 0.1) is 4.90 Å². The zero-order chi connectivity index (χ0) is 18.7. The number of hydrogen-bond acceptors (Lipinski definition) is 5. The molecule has 0 bridgehead atoms. The molecule has 2 heterocycles. The van der Waals surface area contributed by atoms with E-state index in [1.807, 2.05) is 4.90 Å². The van der Waals surface area contributed by atoms with Crippen molar-refractivity contribution in [3.8, 4) is 0 Å². The molecule has 144 valence electrons. The average Bonchev–Trinajstić information content (AvgIpc) is 3.20. The van der Waals surface area contributed by atoms with Gasteiger partial charge in [-0.15, -0.1) is 0 Å². The Bertz CT molecular complexity index is 753. The lowest BCUT2D eigenvalue weighted by molar-refractivity contribution is 0.0774. The molecule has 0 aromatic heterocycles.